The van der Waals surface area contributed by atoms with E-state index in [1.165, 1.54) is 0 Å². The van der Waals surface area contributed by atoms with Crippen LogP contribution in [0.2, 0.25) is 0 Å². The lowest BCUT2D eigenvalue weighted by molar-refractivity contribution is -0.888. The minimum absolute atomic E-state index is 0. The summed E-state index contributed by atoms with van der Waals surface area (Å²) in [4.78, 5) is 22.1. The Morgan fingerprint density at radius 3 is 1.75 bits per heavy atom. The molecule has 0 aliphatic rings. The van der Waals surface area contributed by atoms with Crippen LogP contribution in [-0.2, 0) is 14.3 Å². The molecule has 0 saturated heterocycles. The second-order valence-electron chi connectivity index (χ2n) is 8.26. The molecule has 6 heteroatoms. The number of nitrogens with zero attached hydrogens (tertiary/aromatic N) is 2. The maximum absolute atomic E-state index is 11.1. The molecule has 166 valence electrons. The fourth-order valence-corrected chi connectivity index (χ4v) is 1.68. The van der Waals surface area contributed by atoms with Gasteiger partial charge in [0.1, 0.15) is 13.2 Å². The Labute approximate surface area is 174 Å². The fourth-order valence-electron chi connectivity index (χ4n) is 1.68. The van der Waals surface area contributed by atoms with Gasteiger partial charge < -0.3 is 19.0 Å². The number of amides is 1. The molecule has 0 aromatic heterocycles. The molecule has 6 nitrogen and oxygen atoms in total. The lowest BCUT2D eigenvalue weighted by Gasteiger charge is -2.28. The van der Waals surface area contributed by atoms with Crippen LogP contribution < -0.4 is 5.32 Å². The average molecular weight is 402 g/mol. The van der Waals surface area contributed by atoms with E-state index in [-0.39, 0.29) is 19.3 Å². The topological polar surface area (TPSA) is 55.4 Å². The van der Waals surface area contributed by atoms with E-state index in [1.807, 2.05) is 0 Å². The third-order valence-electron chi connectivity index (χ3n) is 4.60. The zero-order chi connectivity index (χ0) is 21.7. The Morgan fingerprint density at radius 2 is 1.36 bits per heavy atom. The summed E-state index contributed by atoms with van der Waals surface area (Å²) in [5.41, 5.74) is 1.04. The van der Waals surface area contributed by atoms with Gasteiger partial charge in [-0.25, -0.2) is 4.79 Å². The number of hydrogen-bond donors (Lipinski definition) is 1. The summed E-state index contributed by atoms with van der Waals surface area (Å²) in [5.74, 6) is -0.331. The predicted octanol–water partition coefficient (Wildman–Crippen LogP) is 3.00. The van der Waals surface area contributed by atoms with E-state index in [4.69, 9.17) is 4.74 Å². The Balaban J connectivity index is -0.000000432. The van der Waals surface area contributed by atoms with E-state index in [9.17, 15) is 9.59 Å². The lowest BCUT2D eigenvalue weighted by atomic mass is 10.3. The summed E-state index contributed by atoms with van der Waals surface area (Å²) in [6, 6.07) is 0. The van der Waals surface area contributed by atoms with E-state index in [0.29, 0.717) is 17.8 Å². The summed E-state index contributed by atoms with van der Waals surface area (Å²) in [6.07, 6.45) is 1.01. The Bertz CT molecular complexity index is 497. The highest BCUT2D eigenvalue weighted by Gasteiger charge is 2.13. The molecule has 0 aliphatic carbocycles. The van der Waals surface area contributed by atoms with Crippen molar-refractivity contribution in [1.82, 2.24) is 5.32 Å². The van der Waals surface area contributed by atoms with E-state index in [0.717, 1.165) is 48.1 Å². The highest BCUT2D eigenvalue weighted by atomic mass is 16.5. The van der Waals surface area contributed by atoms with Gasteiger partial charge in [-0.3, -0.25) is 4.79 Å². The van der Waals surface area contributed by atoms with Crippen molar-refractivity contribution in [2.24, 2.45) is 0 Å². The molecular formula is C22H47N3O3+2. The molecule has 28 heavy (non-hydrogen) atoms. The second kappa shape index (κ2) is 15.3. The van der Waals surface area contributed by atoms with Crippen LogP contribution in [0.25, 0.3) is 0 Å². The third kappa shape index (κ3) is 17.7. The van der Waals surface area contributed by atoms with Gasteiger partial charge in [0.15, 0.2) is 0 Å². The van der Waals surface area contributed by atoms with E-state index >= 15 is 0 Å². The van der Waals surface area contributed by atoms with E-state index in [2.05, 4.69) is 60.5 Å². The molecule has 0 radical (unpaired) electrons. The van der Waals surface area contributed by atoms with Crippen LogP contribution in [0.5, 0.6) is 0 Å². The van der Waals surface area contributed by atoms with Crippen LogP contribution in [0.3, 0.4) is 0 Å². The van der Waals surface area contributed by atoms with Crippen LogP contribution in [0.15, 0.2) is 24.3 Å². The first-order valence-electron chi connectivity index (χ1n) is 9.68. The standard InChI is InChI=1S/C11H22N2O.C10H20NO2.CH4/c1-6-13(4,5)9-7-8-12-11(14)10(2)3;1-6-11(4,5)7-8-13-10(12)9(2)3;/h2,6-9H2,1,3-5H3;2,6-8H2,1,3-5H3;1H4/q;+1;/p+1. The third-order valence-corrected chi connectivity index (χ3v) is 4.60. The van der Waals surface area contributed by atoms with Crippen molar-refractivity contribution in [3.63, 3.8) is 0 Å². The van der Waals surface area contributed by atoms with Gasteiger partial charge >= 0.3 is 5.97 Å². The summed E-state index contributed by atoms with van der Waals surface area (Å²) in [5, 5.41) is 2.83. The molecule has 1 N–H and O–H groups in total. The van der Waals surface area contributed by atoms with Gasteiger partial charge in [-0.1, -0.05) is 20.6 Å². The van der Waals surface area contributed by atoms with Gasteiger partial charge in [-0.05, 0) is 27.7 Å². The van der Waals surface area contributed by atoms with E-state index in [1.54, 1.807) is 13.8 Å². The first kappa shape index (κ1) is 31.0. The van der Waals surface area contributed by atoms with Crippen molar-refractivity contribution >= 4 is 11.9 Å². The lowest BCUT2D eigenvalue weighted by Crippen LogP contribution is -2.42. The quantitative estimate of drug-likeness (QED) is 0.251. The molecule has 0 rings (SSSR count). The van der Waals surface area contributed by atoms with Gasteiger partial charge in [-0.2, -0.15) is 0 Å². The van der Waals surface area contributed by atoms with E-state index < -0.39 is 0 Å². The van der Waals surface area contributed by atoms with Gasteiger partial charge in [0, 0.05) is 24.1 Å². The average Bonchev–Trinajstić information content (AvgIpc) is 2.58. The Kier molecular flexibility index (Phi) is 16.9. The van der Waals surface area contributed by atoms with Crippen LogP contribution in [0.1, 0.15) is 41.5 Å². The molecule has 0 saturated carbocycles. The van der Waals surface area contributed by atoms with Gasteiger partial charge in [0.05, 0.1) is 47.8 Å². The zero-order valence-corrected chi connectivity index (χ0v) is 19.0. The molecular weight excluding hydrogens is 354 g/mol. The summed E-state index contributed by atoms with van der Waals surface area (Å²) < 4.78 is 6.85. The van der Waals surface area contributed by atoms with Crippen molar-refractivity contribution in [2.45, 2.75) is 41.5 Å². The van der Waals surface area contributed by atoms with Crippen molar-refractivity contribution in [3.8, 4) is 0 Å². The number of rotatable bonds is 11. The molecule has 0 spiro atoms. The number of ether oxygens (including phenoxy) is 1. The number of nitrogens with one attached hydrogen (secondary N) is 1. The SMILES string of the molecule is C.C=C(C)C(=O)NCCC[N+](C)(C)CC.C=C(C)C(=O)OCC[N+](C)(C)CC. The number of quaternary nitrogens is 2. The minimum atomic E-state index is -0.295. The highest BCUT2D eigenvalue weighted by Crippen LogP contribution is 1.98. The maximum atomic E-state index is 11.1. The molecule has 0 atom stereocenters. The molecule has 0 aliphatic heterocycles. The summed E-state index contributed by atoms with van der Waals surface area (Å²) >= 11 is 0. The number of esters is 1. The largest absolute Gasteiger partial charge is 0.456 e. The number of hydrogen-bond acceptors (Lipinski definition) is 3. The molecule has 0 aromatic rings. The number of carbonyl (C=O) groups excluding carboxylic acids is 2. The summed E-state index contributed by atoms with van der Waals surface area (Å²) in [7, 11) is 8.60. The smallest absolute Gasteiger partial charge is 0.333 e. The molecule has 0 aromatic carbocycles. The number of likely N-dealkylation sites (N-methyl/N-ethyl adjacent to an activating group) is 1. The Morgan fingerprint density at radius 1 is 0.893 bits per heavy atom. The molecule has 0 fully saturated rings. The van der Waals surface area contributed by atoms with Crippen molar-refractivity contribution in [3.05, 3.63) is 24.3 Å². The fraction of sp³-hybridized carbons (Fsp3) is 0.727. The minimum Gasteiger partial charge on any atom is -0.456 e. The normalized spacial score (nSPS) is 10.7. The van der Waals surface area contributed by atoms with Gasteiger partial charge in [0.25, 0.3) is 0 Å². The molecule has 1 amide bonds. The number of carbonyl (C=O) groups is 2. The van der Waals surface area contributed by atoms with Crippen LogP contribution in [-0.4, -0.2) is 88.4 Å². The zero-order valence-electron chi connectivity index (χ0n) is 19.0. The predicted molar refractivity (Wildman–Crippen MR) is 120 cm³/mol. The van der Waals surface area contributed by atoms with Crippen LogP contribution >= 0.6 is 0 Å². The van der Waals surface area contributed by atoms with Gasteiger partial charge in [-0.15, -0.1) is 0 Å². The molecule has 0 unspecified atom stereocenters. The summed E-state index contributed by atoms with van der Waals surface area (Å²) in [6.45, 7) is 20.0. The Hall–Kier alpha value is -1.66. The molecule has 0 heterocycles. The first-order valence-corrected chi connectivity index (χ1v) is 9.68. The molecule has 0 bridgehead atoms. The first-order chi connectivity index (χ1) is 12.3. The maximum Gasteiger partial charge on any atom is 0.333 e. The van der Waals surface area contributed by atoms with Crippen molar-refractivity contribution < 1.29 is 23.3 Å². The second-order valence-corrected chi connectivity index (χ2v) is 8.26. The highest BCUT2D eigenvalue weighted by molar-refractivity contribution is 5.92. The van der Waals surface area contributed by atoms with Crippen LogP contribution in [0, 0.1) is 0 Å². The monoisotopic (exact) mass is 401 g/mol. The van der Waals surface area contributed by atoms with Crippen LogP contribution in [0.4, 0.5) is 0 Å². The van der Waals surface area contributed by atoms with Gasteiger partial charge in [0.2, 0.25) is 5.91 Å². The van der Waals surface area contributed by atoms with Crippen molar-refractivity contribution in [1.29, 1.82) is 0 Å². The van der Waals surface area contributed by atoms with Crippen molar-refractivity contribution in [2.75, 3.05) is 67.5 Å².